The van der Waals surface area contributed by atoms with Crippen molar-refractivity contribution in [3.05, 3.63) is 149 Å². The predicted molar refractivity (Wildman–Crippen MR) is 211 cm³/mol. The third kappa shape index (κ3) is 8.66. The molecule has 2 aliphatic carbocycles. The van der Waals surface area contributed by atoms with Gasteiger partial charge in [-0.1, -0.05) is 0 Å². The molecule has 4 aromatic rings. The van der Waals surface area contributed by atoms with E-state index in [0.29, 0.717) is 9.54 Å². The Bertz CT molecular complexity index is 1860. The van der Waals surface area contributed by atoms with Crippen molar-refractivity contribution in [1.82, 2.24) is 0 Å². The van der Waals surface area contributed by atoms with Crippen molar-refractivity contribution in [2.24, 2.45) is 11.3 Å². The fourth-order valence-electron chi connectivity index (χ4n) is 7.58. The van der Waals surface area contributed by atoms with Gasteiger partial charge in [0.15, 0.2) is 0 Å². The van der Waals surface area contributed by atoms with E-state index in [9.17, 15) is 0 Å². The summed E-state index contributed by atoms with van der Waals surface area (Å²) in [6.45, 7) is 23.5. The molecule has 5 heteroatoms. The van der Waals surface area contributed by atoms with E-state index in [2.05, 4.69) is 166 Å². The SMILES string of the molecule is CCCC1C=C(C(C)(C)C)C=[C]1[Zr+2](=[C](c1ccc(Cl)cc1)c1ccc(Cl)cc1)[CH]1c2ccc(C(C)(C)C)cc2-c2cc(C(C)(C)C)ccc21.[Cl-].[Cl-]. The van der Waals surface area contributed by atoms with Crippen LogP contribution in [0.1, 0.15) is 119 Å². The molecule has 2 aliphatic rings. The van der Waals surface area contributed by atoms with Crippen LogP contribution < -0.4 is 24.8 Å². The average molecular weight is 838 g/mol. The second-order valence-electron chi connectivity index (χ2n) is 17.2. The Kier molecular flexibility index (Phi) is 13.1. The first kappa shape index (κ1) is 42.0. The first-order chi connectivity index (χ1) is 23.0. The van der Waals surface area contributed by atoms with Crippen LogP contribution in [0.4, 0.5) is 0 Å². The van der Waals surface area contributed by atoms with E-state index in [4.69, 9.17) is 23.2 Å². The molecule has 0 N–H and O–H groups in total. The Morgan fingerprint density at radius 1 is 0.608 bits per heavy atom. The molecule has 0 heterocycles. The predicted octanol–water partition coefficient (Wildman–Crippen LogP) is 7.84. The van der Waals surface area contributed by atoms with Crippen LogP contribution >= 0.6 is 23.2 Å². The monoisotopic (exact) mass is 834 g/mol. The standard InChI is InChI=1S/C21H25.C13H8Cl2.C12H19.2ClH.Zr/c1-20(2,3)16-9-7-14-11-15-8-10-17(21(4,5)6)13-19(15)18(14)12-16;14-12-5-1-10(2-6-12)9-11-3-7-13(15)8-4-11;1-5-6-10-7-8-11(9-10)12(2,3)4;;;/h7-13H,1-6H3;1-8H;8-10H,5-6H2,1-4H3;2*1H;/q;;;;;+2/p-2. The minimum atomic E-state index is -2.99. The molecule has 0 nitrogen and oxygen atoms in total. The van der Waals surface area contributed by atoms with Crippen molar-refractivity contribution < 1.29 is 46.1 Å². The molecule has 0 spiro atoms. The van der Waals surface area contributed by atoms with Crippen LogP contribution in [0.5, 0.6) is 0 Å². The van der Waals surface area contributed by atoms with E-state index >= 15 is 0 Å². The second-order valence-corrected chi connectivity index (χ2v) is 24.2. The first-order valence-electron chi connectivity index (χ1n) is 18.0. The van der Waals surface area contributed by atoms with Gasteiger partial charge in [-0.25, -0.2) is 0 Å². The Balaban J connectivity index is 0.00000292. The summed E-state index contributed by atoms with van der Waals surface area (Å²) in [6.07, 6.45) is 7.61. The quantitative estimate of drug-likeness (QED) is 0.186. The third-order valence-corrected chi connectivity index (χ3v) is 19.4. The molecule has 0 aliphatic heterocycles. The number of allylic oxidation sites excluding steroid dienone is 4. The summed E-state index contributed by atoms with van der Waals surface area (Å²) in [6, 6.07) is 32.2. The van der Waals surface area contributed by atoms with Gasteiger partial charge in [0, 0.05) is 0 Å². The number of rotatable bonds is 6. The number of benzene rings is 4. The minimum absolute atomic E-state index is 0. The number of hydrogen-bond acceptors (Lipinski definition) is 0. The zero-order valence-corrected chi connectivity index (χ0v) is 37.3. The van der Waals surface area contributed by atoms with Gasteiger partial charge in [0.05, 0.1) is 0 Å². The molecule has 0 amide bonds. The van der Waals surface area contributed by atoms with Crippen LogP contribution in [0, 0.1) is 11.3 Å². The van der Waals surface area contributed by atoms with Crippen molar-refractivity contribution in [1.29, 1.82) is 0 Å². The zero-order chi connectivity index (χ0) is 35.5. The van der Waals surface area contributed by atoms with E-state index in [1.807, 2.05) is 0 Å². The molecule has 0 fully saturated rings. The van der Waals surface area contributed by atoms with Crippen LogP contribution in [-0.4, -0.2) is 3.21 Å². The fourth-order valence-corrected chi connectivity index (χ4v) is 17.5. The van der Waals surface area contributed by atoms with E-state index in [1.54, 1.807) is 3.28 Å². The second kappa shape index (κ2) is 15.9. The van der Waals surface area contributed by atoms with Crippen molar-refractivity contribution in [3.8, 4) is 11.1 Å². The zero-order valence-electron chi connectivity index (χ0n) is 31.8. The topological polar surface area (TPSA) is 0 Å². The largest absolute Gasteiger partial charge is 1.00 e. The summed E-state index contributed by atoms with van der Waals surface area (Å²) < 4.78 is 3.56. The summed E-state index contributed by atoms with van der Waals surface area (Å²) in [4.78, 5) is 0. The molecule has 51 heavy (non-hydrogen) atoms. The van der Waals surface area contributed by atoms with Crippen molar-refractivity contribution in [3.63, 3.8) is 0 Å². The summed E-state index contributed by atoms with van der Waals surface area (Å²) in [5.74, 6) is 0.443. The molecule has 6 rings (SSSR count). The molecular formula is C46H52Cl4Zr. The minimum Gasteiger partial charge on any atom is -1.00 e. The Hall–Kier alpha value is -1.73. The summed E-state index contributed by atoms with van der Waals surface area (Å²) in [5.41, 5.74) is 12.9. The molecule has 0 radical (unpaired) electrons. The van der Waals surface area contributed by atoms with E-state index in [0.717, 1.165) is 16.5 Å². The van der Waals surface area contributed by atoms with Crippen molar-refractivity contribution >= 4 is 26.4 Å². The van der Waals surface area contributed by atoms with Crippen molar-refractivity contribution in [2.75, 3.05) is 0 Å². The van der Waals surface area contributed by atoms with E-state index in [1.165, 1.54) is 59.7 Å². The smallest absolute Gasteiger partial charge is 1.00 e. The maximum atomic E-state index is 6.56. The summed E-state index contributed by atoms with van der Waals surface area (Å²) >= 11 is 10.1. The number of fused-ring (bicyclic) bond motifs is 3. The summed E-state index contributed by atoms with van der Waals surface area (Å²) in [7, 11) is 0. The van der Waals surface area contributed by atoms with Gasteiger partial charge in [-0.3, -0.25) is 0 Å². The molecular weight excluding hydrogens is 786 g/mol. The number of halogens is 4. The summed E-state index contributed by atoms with van der Waals surface area (Å²) in [5, 5.41) is 1.54. The molecule has 0 aromatic heterocycles. The van der Waals surface area contributed by atoms with Crippen LogP contribution in [0.25, 0.3) is 11.1 Å². The molecule has 4 aromatic carbocycles. The maximum absolute atomic E-state index is 6.56. The molecule has 1 atom stereocenters. The van der Waals surface area contributed by atoms with Crippen LogP contribution in [-0.2, 0) is 32.1 Å². The molecule has 0 saturated carbocycles. The van der Waals surface area contributed by atoms with E-state index in [-0.39, 0.29) is 41.1 Å². The Labute approximate surface area is 338 Å². The van der Waals surface area contributed by atoms with Crippen molar-refractivity contribution in [2.45, 2.75) is 96.5 Å². The Morgan fingerprint density at radius 2 is 1.04 bits per heavy atom. The van der Waals surface area contributed by atoms with Gasteiger partial charge in [-0.2, -0.15) is 0 Å². The average Bonchev–Trinajstić information content (AvgIpc) is 3.59. The van der Waals surface area contributed by atoms with Crippen LogP contribution in [0.3, 0.4) is 0 Å². The van der Waals surface area contributed by atoms with Gasteiger partial charge < -0.3 is 24.8 Å². The number of hydrogen-bond donors (Lipinski definition) is 0. The molecule has 0 bridgehead atoms. The maximum Gasteiger partial charge on any atom is -1.00 e. The van der Waals surface area contributed by atoms with Gasteiger partial charge in [-0.15, -0.1) is 0 Å². The van der Waals surface area contributed by atoms with Gasteiger partial charge >= 0.3 is 316 Å². The Morgan fingerprint density at radius 3 is 1.41 bits per heavy atom. The molecule has 0 saturated heterocycles. The van der Waals surface area contributed by atoms with E-state index < -0.39 is 21.3 Å². The van der Waals surface area contributed by atoms with Gasteiger partial charge in [-0.05, 0) is 0 Å². The molecule has 1 unspecified atom stereocenters. The van der Waals surface area contributed by atoms with Crippen LogP contribution in [0.15, 0.2) is 106 Å². The normalized spacial score (nSPS) is 15.5. The fraction of sp³-hybridized carbons (Fsp3) is 0.370. The van der Waals surface area contributed by atoms with Gasteiger partial charge in [0.1, 0.15) is 0 Å². The van der Waals surface area contributed by atoms with Gasteiger partial charge in [0.2, 0.25) is 0 Å². The first-order valence-corrected chi connectivity index (χ1v) is 22.6. The van der Waals surface area contributed by atoms with Gasteiger partial charge in [0.25, 0.3) is 0 Å². The third-order valence-electron chi connectivity index (χ3n) is 10.4. The molecule has 268 valence electrons. The van der Waals surface area contributed by atoms with Crippen LogP contribution in [0.2, 0.25) is 10.0 Å².